The first kappa shape index (κ1) is 32.7. The van der Waals surface area contributed by atoms with Crippen LogP contribution in [0.3, 0.4) is 0 Å². The van der Waals surface area contributed by atoms with Gasteiger partial charge < -0.3 is 4.57 Å². The molecule has 2 aromatic heterocycles. The van der Waals surface area contributed by atoms with Crippen molar-refractivity contribution >= 4 is 43.4 Å². The van der Waals surface area contributed by atoms with Crippen LogP contribution in [0, 0.1) is 0 Å². The number of rotatable bonds is 6. The second kappa shape index (κ2) is 13.6. The molecule has 0 spiro atoms. The molecule has 0 bridgehead atoms. The van der Waals surface area contributed by atoms with E-state index in [1.807, 2.05) is 60.7 Å². The largest absolute Gasteiger partial charge is 0.309 e. The predicted octanol–water partition coefficient (Wildman–Crippen LogP) is 13.6. The number of hydrogen-bond donors (Lipinski definition) is 0. The number of benzene rings is 9. The highest BCUT2D eigenvalue weighted by molar-refractivity contribution is 6.13. The number of hydrogen-bond acceptors (Lipinski definition) is 3. The lowest BCUT2D eigenvalue weighted by atomic mass is 9.88. The normalized spacial score (nSPS) is 11.5. The molecule has 4 nitrogen and oxygen atoms in total. The van der Waals surface area contributed by atoms with E-state index in [2.05, 4.69) is 150 Å². The summed E-state index contributed by atoms with van der Waals surface area (Å²) in [7, 11) is 0. The minimum Gasteiger partial charge on any atom is -0.309 e. The van der Waals surface area contributed by atoms with Gasteiger partial charge in [-0.1, -0.05) is 182 Å². The second-order valence-corrected chi connectivity index (χ2v) is 14.3. The molecule has 0 amide bonds. The predicted molar refractivity (Wildman–Crippen MR) is 236 cm³/mol. The van der Waals surface area contributed by atoms with Crippen molar-refractivity contribution in [2.24, 2.45) is 0 Å². The van der Waals surface area contributed by atoms with Crippen LogP contribution in [0.5, 0.6) is 0 Å². The van der Waals surface area contributed by atoms with Crippen molar-refractivity contribution < 1.29 is 0 Å². The van der Waals surface area contributed by atoms with Gasteiger partial charge in [0.1, 0.15) is 0 Å². The zero-order valence-electron chi connectivity index (χ0n) is 30.9. The van der Waals surface area contributed by atoms with E-state index in [0.717, 1.165) is 38.7 Å². The monoisotopic (exact) mass is 726 g/mol. The van der Waals surface area contributed by atoms with Crippen LogP contribution < -0.4 is 0 Å². The van der Waals surface area contributed by atoms with E-state index in [4.69, 9.17) is 15.0 Å². The topological polar surface area (TPSA) is 43.6 Å². The molecule has 2 heterocycles. The fourth-order valence-electron chi connectivity index (χ4n) is 8.51. The third-order valence-corrected chi connectivity index (χ3v) is 11.1. The summed E-state index contributed by atoms with van der Waals surface area (Å²) in [5.41, 5.74) is 11.1. The summed E-state index contributed by atoms with van der Waals surface area (Å²) < 4.78 is 2.42. The lowest BCUT2D eigenvalue weighted by Crippen LogP contribution is -2.00. The molecular formula is C53H34N4. The lowest BCUT2D eigenvalue weighted by Gasteiger charge is -2.18. The summed E-state index contributed by atoms with van der Waals surface area (Å²) in [6.07, 6.45) is 0. The molecule has 0 saturated heterocycles. The lowest BCUT2D eigenvalue weighted by molar-refractivity contribution is 1.08. The van der Waals surface area contributed by atoms with Crippen LogP contribution in [0.2, 0.25) is 0 Å². The molecule has 0 radical (unpaired) electrons. The first-order chi connectivity index (χ1) is 28.3. The zero-order chi connectivity index (χ0) is 37.7. The average Bonchev–Trinajstić information content (AvgIpc) is 3.63. The van der Waals surface area contributed by atoms with Crippen molar-refractivity contribution in [3.63, 3.8) is 0 Å². The van der Waals surface area contributed by atoms with Gasteiger partial charge in [-0.25, -0.2) is 15.0 Å². The maximum atomic E-state index is 5.09. The van der Waals surface area contributed by atoms with Crippen LogP contribution in [0.1, 0.15) is 0 Å². The van der Waals surface area contributed by atoms with Gasteiger partial charge in [-0.3, -0.25) is 0 Å². The van der Waals surface area contributed by atoms with Gasteiger partial charge in [0.05, 0.1) is 16.7 Å². The molecular weight excluding hydrogens is 693 g/mol. The van der Waals surface area contributed by atoms with Gasteiger partial charge in [-0.2, -0.15) is 0 Å². The zero-order valence-corrected chi connectivity index (χ0v) is 30.9. The molecule has 11 aromatic rings. The maximum Gasteiger partial charge on any atom is 0.164 e. The highest BCUT2D eigenvalue weighted by atomic mass is 15.0. The van der Waals surface area contributed by atoms with Gasteiger partial charge in [0.25, 0.3) is 0 Å². The van der Waals surface area contributed by atoms with E-state index < -0.39 is 0 Å². The smallest absolute Gasteiger partial charge is 0.164 e. The Balaban J connectivity index is 1.09. The highest BCUT2D eigenvalue weighted by Gasteiger charge is 2.20. The average molecular weight is 727 g/mol. The molecule has 0 unspecified atom stereocenters. The summed E-state index contributed by atoms with van der Waals surface area (Å²) >= 11 is 0. The Morgan fingerprint density at radius 2 is 0.596 bits per heavy atom. The Morgan fingerprint density at radius 3 is 1.11 bits per heavy atom. The van der Waals surface area contributed by atoms with Gasteiger partial charge in [-0.15, -0.1) is 0 Å². The van der Waals surface area contributed by atoms with Crippen molar-refractivity contribution in [3.8, 4) is 62.1 Å². The van der Waals surface area contributed by atoms with Gasteiger partial charge >= 0.3 is 0 Å². The standard InChI is InChI=1S/C53H34N4/c1-3-17-35(18-4-1)51-54-52(36-19-5-2-6-20-36)56-53(55-51)47-34-33-42(39-23-9-10-24-40(39)47)41-31-32-43(38-22-8-7-21-37(38)41)44-25-11-14-28-48(44)57-49-29-15-12-26-45(49)46-27-13-16-30-50(46)57/h1-34H. The first-order valence-corrected chi connectivity index (χ1v) is 19.3. The SMILES string of the molecule is c1ccc(-c2nc(-c3ccccc3)nc(-c3ccc(-c4ccc(-c5ccccc5-n5c6ccccc6c6ccccc65)c5ccccc45)c4ccccc34)n2)cc1. The molecule has 266 valence electrons. The summed E-state index contributed by atoms with van der Waals surface area (Å²) in [4.78, 5) is 15.1. The van der Waals surface area contributed by atoms with E-state index >= 15 is 0 Å². The minimum atomic E-state index is 0.646. The number of aromatic nitrogens is 4. The molecule has 0 aliphatic rings. The minimum absolute atomic E-state index is 0.646. The Kier molecular flexibility index (Phi) is 7.78. The molecule has 0 atom stereocenters. The Labute approximate surface area is 330 Å². The van der Waals surface area contributed by atoms with E-state index in [1.54, 1.807) is 0 Å². The van der Waals surface area contributed by atoms with Gasteiger partial charge in [0, 0.05) is 33.0 Å². The molecule has 0 fully saturated rings. The Hall–Kier alpha value is -7.69. The molecule has 4 heteroatoms. The number of para-hydroxylation sites is 3. The van der Waals surface area contributed by atoms with Gasteiger partial charge in [0.15, 0.2) is 17.5 Å². The van der Waals surface area contributed by atoms with Gasteiger partial charge in [0.2, 0.25) is 0 Å². The second-order valence-electron chi connectivity index (χ2n) is 14.3. The first-order valence-electron chi connectivity index (χ1n) is 19.3. The summed E-state index contributed by atoms with van der Waals surface area (Å²) in [5, 5.41) is 7.13. The molecule has 0 aliphatic heterocycles. The molecule has 11 rings (SSSR count). The fraction of sp³-hybridized carbons (Fsp3) is 0. The van der Waals surface area contributed by atoms with E-state index in [0.29, 0.717) is 17.5 Å². The summed E-state index contributed by atoms with van der Waals surface area (Å²) in [6.45, 7) is 0. The maximum absolute atomic E-state index is 5.09. The third-order valence-electron chi connectivity index (χ3n) is 11.1. The molecule has 0 saturated carbocycles. The molecule has 57 heavy (non-hydrogen) atoms. The van der Waals surface area contributed by atoms with Crippen molar-refractivity contribution in [3.05, 3.63) is 206 Å². The van der Waals surface area contributed by atoms with E-state index in [1.165, 1.54) is 49.3 Å². The highest BCUT2D eigenvalue weighted by Crippen LogP contribution is 2.43. The Morgan fingerprint density at radius 1 is 0.246 bits per heavy atom. The number of fused-ring (bicyclic) bond motifs is 5. The third kappa shape index (κ3) is 5.50. The molecule has 0 N–H and O–H groups in total. The van der Waals surface area contributed by atoms with Crippen molar-refractivity contribution in [1.82, 2.24) is 19.5 Å². The van der Waals surface area contributed by atoms with Crippen LogP contribution in [0.15, 0.2) is 206 Å². The summed E-state index contributed by atoms with van der Waals surface area (Å²) in [5.74, 6) is 1.94. The van der Waals surface area contributed by atoms with Crippen molar-refractivity contribution in [1.29, 1.82) is 0 Å². The van der Waals surface area contributed by atoms with Crippen LogP contribution in [0.25, 0.3) is 105 Å². The Bertz CT molecular complexity index is 3180. The van der Waals surface area contributed by atoms with E-state index in [9.17, 15) is 0 Å². The van der Waals surface area contributed by atoms with Crippen LogP contribution >= 0.6 is 0 Å². The van der Waals surface area contributed by atoms with Crippen LogP contribution in [0.4, 0.5) is 0 Å². The summed E-state index contributed by atoms with van der Waals surface area (Å²) in [6, 6.07) is 72.9. The van der Waals surface area contributed by atoms with Crippen LogP contribution in [-0.4, -0.2) is 19.5 Å². The quantitative estimate of drug-likeness (QED) is 0.171. The van der Waals surface area contributed by atoms with Gasteiger partial charge in [-0.05, 0) is 62.5 Å². The van der Waals surface area contributed by atoms with E-state index in [-0.39, 0.29) is 0 Å². The van der Waals surface area contributed by atoms with Crippen LogP contribution in [-0.2, 0) is 0 Å². The molecule has 9 aromatic carbocycles. The van der Waals surface area contributed by atoms with Crippen molar-refractivity contribution in [2.45, 2.75) is 0 Å². The fourth-order valence-corrected chi connectivity index (χ4v) is 8.51. The number of nitrogens with zero attached hydrogens (tertiary/aromatic N) is 4. The van der Waals surface area contributed by atoms with Crippen molar-refractivity contribution in [2.75, 3.05) is 0 Å². The molecule has 0 aliphatic carbocycles.